The van der Waals surface area contributed by atoms with Gasteiger partial charge in [0.1, 0.15) is 5.76 Å². The van der Waals surface area contributed by atoms with Crippen LogP contribution in [0.5, 0.6) is 0 Å². The molecule has 1 aromatic carbocycles. The standard InChI is InChI=1S/C12H11BrN2O3/c13-12-5-4-11(18-12)8-14-7-9-2-1-3-10(6-9)15(16)17/h1-6,14H,7-8H2. The second-order valence-corrected chi connectivity index (χ2v) is 4.52. The minimum Gasteiger partial charge on any atom is -0.453 e. The van der Waals surface area contributed by atoms with Crippen LogP contribution in [0.15, 0.2) is 45.5 Å². The summed E-state index contributed by atoms with van der Waals surface area (Å²) in [6.07, 6.45) is 0. The molecule has 1 aromatic heterocycles. The highest BCUT2D eigenvalue weighted by Gasteiger charge is 2.05. The van der Waals surface area contributed by atoms with E-state index in [1.807, 2.05) is 18.2 Å². The molecular weight excluding hydrogens is 300 g/mol. The molecule has 0 atom stereocenters. The van der Waals surface area contributed by atoms with Gasteiger partial charge in [-0.05, 0) is 33.6 Å². The third-order valence-electron chi connectivity index (χ3n) is 2.38. The van der Waals surface area contributed by atoms with E-state index in [1.54, 1.807) is 12.1 Å². The maximum atomic E-state index is 10.6. The van der Waals surface area contributed by atoms with Crippen LogP contribution in [0.3, 0.4) is 0 Å². The van der Waals surface area contributed by atoms with Crippen LogP contribution in [-0.4, -0.2) is 4.92 Å². The van der Waals surface area contributed by atoms with Gasteiger partial charge in [0.05, 0.1) is 11.5 Å². The molecule has 2 rings (SSSR count). The van der Waals surface area contributed by atoms with Crippen LogP contribution in [0.25, 0.3) is 0 Å². The van der Waals surface area contributed by atoms with Crippen molar-refractivity contribution in [1.29, 1.82) is 0 Å². The van der Waals surface area contributed by atoms with Gasteiger partial charge in [0.25, 0.3) is 5.69 Å². The van der Waals surface area contributed by atoms with Crippen LogP contribution in [0.2, 0.25) is 0 Å². The summed E-state index contributed by atoms with van der Waals surface area (Å²) in [6, 6.07) is 10.3. The van der Waals surface area contributed by atoms with Crippen molar-refractivity contribution in [3.63, 3.8) is 0 Å². The number of nitrogens with zero attached hydrogens (tertiary/aromatic N) is 1. The first-order chi connectivity index (χ1) is 8.65. The Morgan fingerprint density at radius 1 is 1.28 bits per heavy atom. The summed E-state index contributed by atoms with van der Waals surface area (Å²) in [4.78, 5) is 10.2. The molecule has 2 aromatic rings. The van der Waals surface area contributed by atoms with Gasteiger partial charge in [-0.2, -0.15) is 0 Å². The molecule has 0 aliphatic heterocycles. The van der Waals surface area contributed by atoms with E-state index < -0.39 is 4.92 Å². The molecule has 0 saturated heterocycles. The topological polar surface area (TPSA) is 68.3 Å². The van der Waals surface area contributed by atoms with Gasteiger partial charge >= 0.3 is 0 Å². The number of benzene rings is 1. The molecule has 0 amide bonds. The van der Waals surface area contributed by atoms with Gasteiger partial charge in [0, 0.05) is 18.7 Å². The monoisotopic (exact) mass is 310 g/mol. The van der Waals surface area contributed by atoms with Crippen LogP contribution >= 0.6 is 15.9 Å². The molecule has 1 N–H and O–H groups in total. The Morgan fingerprint density at radius 3 is 2.78 bits per heavy atom. The third-order valence-corrected chi connectivity index (χ3v) is 2.80. The average molecular weight is 311 g/mol. The number of hydrogen-bond acceptors (Lipinski definition) is 4. The zero-order chi connectivity index (χ0) is 13.0. The van der Waals surface area contributed by atoms with Crippen LogP contribution in [0.1, 0.15) is 11.3 Å². The maximum absolute atomic E-state index is 10.6. The Bertz CT molecular complexity index is 554. The summed E-state index contributed by atoms with van der Waals surface area (Å²) in [5, 5.41) is 13.8. The largest absolute Gasteiger partial charge is 0.453 e. The minimum atomic E-state index is -0.396. The number of furan rings is 1. The summed E-state index contributed by atoms with van der Waals surface area (Å²) in [7, 11) is 0. The van der Waals surface area contributed by atoms with Crippen molar-refractivity contribution in [3.8, 4) is 0 Å². The molecule has 0 bridgehead atoms. The van der Waals surface area contributed by atoms with E-state index >= 15 is 0 Å². The molecule has 0 spiro atoms. The number of halogens is 1. The van der Waals surface area contributed by atoms with Crippen molar-refractivity contribution in [2.24, 2.45) is 0 Å². The summed E-state index contributed by atoms with van der Waals surface area (Å²) >= 11 is 3.23. The van der Waals surface area contributed by atoms with E-state index in [9.17, 15) is 10.1 Å². The molecule has 0 aliphatic rings. The normalized spacial score (nSPS) is 10.5. The Labute approximate surface area is 112 Å². The van der Waals surface area contributed by atoms with E-state index in [1.165, 1.54) is 6.07 Å². The van der Waals surface area contributed by atoms with Gasteiger partial charge < -0.3 is 9.73 Å². The second-order valence-electron chi connectivity index (χ2n) is 3.74. The predicted octanol–water partition coefficient (Wildman–Crippen LogP) is 3.24. The molecule has 94 valence electrons. The minimum absolute atomic E-state index is 0.107. The van der Waals surface area contributed by atoms with Crippen LogP contribution in [0, 0.1) is 10.1 Å². The first-order valence-electron chi connectivity index (χ1n) is 5.33. The van der Waals surface area contributed by atoms with Crippen LogP contribution in [-0.2, 0) is 13.1 Å². The molecule has 0 aliphatic carbocycles. The van der Waals surface area contributed by atoms with Gasteiger partial charge in [0.15, 0.2) is 4.67 Å². The number of nitro benzene ring substituents is 1. The van der Waals surface area contributed by atoms with Crippen LogP contribution in [0.4, 0.5) is 5.69 Å². The molecule has 0 saturated carbocycles. The van der Waals surface area contributed by atoms with Gasteiger partial charge in [-0.25, -0.2) is 0 Å². The molecule has 6 heteroatoms. The van der Waals surface area contributed by atoms with Crippen molar-refractivity contribution in [1.82, 2.24) is 5.32 Å². The fourth-order valence-corrected chi connectivity index (χ4v) is 1.90. The van der Waals surface area contributed by atoms with Crippen molar-refractivity contribution in [2.75, 3.05) is 0 Å². The maximum Gasteiger partial charge on any atom is 0.269 e. The highest BCUT2D eigenvalue weighted by atomic mass is 79.9. The predicted molar refractivity (Wildman–Crippen MR) is 70.0 cm³/mol. The number of nitro groups is 1. The van der Waals surface area contributed by atoms with Gasteiger partial charge in [-0.1, -0.05) is 12.1 Å². The van der Waals surface area contributed by atoms with E-state index in [2.05, 4.69) is 21.2 Å². The smallest absolute Gasteiger partial charge is 0.269 e. The van der Waals surface area contributed by atoms with Gasteiger partial charge in [0.2, 0.25) is 0 Å². The van der Waals surface area contributed by atoms with E-state index in [0.29, 0.717) is 17.8 Å². The third kappa shape index (κ3) is 3.41. The number of nitrogens with one attached hydrogen (secondary N) is 1. The van der Waals surface area contributed by atoms with E-state index in [0.717, 1.165) is 11.3 Å². The Balaban J connectivity index is 1.90. The zero-order valence-corrected chi connectivity index (χ0v) is 11.0. The van der Waals surface area contributed by atoms with Gasteiger partial charge in [-0.15, -0.1) is 0 Å². The lowest BCUT2D eigenvalue weighted by Gasteiger charge is -2.02. The summed E-state index contributed by atoms with van der Waals surface area (Å²) in [5.41, 5.74) is 0.977. The highest BCUT2D eigenvalue weighted by molar-refractivity contribution is 9.10. The molecule has 5 nitrogen and oxygen atoms in total. The molecule has 0 unspecified atom stereocenters. The van der Waals surface area contributed by atoms with Crippen molar-refractivity contribution in [2.45, 2.75) is 13.1 Å². The summed E-state index contributed by atoms with van der Waals surface area (Å²) in [5.74, 6) is 0.812. The fraction of sp³-hybridized carbons (Fsp3) is 0.167. The number of non-ortho nitro benzene ring substituents is 1. The molecular formula is C12H11BrN2O3. The first-order valence-corrected chi connectivity index (χ1v) is 6.13. The fourth-order valence-electron chi connectivity index (χ4n) is 1.56. The van der Waals surface area contributed by atoms with Gasteiger partial charge in [-0.3, -0.25) is 10.1 Å². The van der Waals surface area contributed by atoms with Crippen LogP contribution < -0.4 is 5.32 Å². The lowest BCUT2D eigenvalue weighted by atomic mass is 10.2. The summed E-state index contributed by atoms with van der Waals surface area (Å²) < 4.78 is 6.02. The first kappa shape index (κ1) is 12.8. The average Bonchev–Trinajstić information content (AvgIpc) is 2.75. The Morgan fingerprint density at radius 2 is 2.11 bits per heavy atom. The number of rotatable bonds is 5. The van der Waals surface area contributed by atoms with E-state index in [-0.39, 0.29) is 5.69 Å². The van der Waals surface area contributed by atoms with Crippen molar-refractivity contribution < 1.29 is 9.34 Å². The lowest BCUT2D eigenvalue weighted by Crippen LogP contribution is -2.12. The molecule has 0 fully saturated rings. The summed E-state index contributed by atoms with van der Waals surface area (Å²) in [6.45, 7) is 1.13. The lowest BCUT2D eigenvalue weighted by molar-refractivity contribution is -0.384. The second kappa shape index (κ2) is 5.79. The zero-order valence-electron chi connectivity index (χ0n) is 9.43. The van der Waals surface area contributed by atoms with Crippen molar-refractivity contribution >= 4 is 21.6 Å². The van der Waals surface area contributed by atoms with E-state index in [4.69, 9.17) is 4.42 Å². The Kier molecular flexibility index (Phi) is 4.11. The molecule has 18 heavy (non-hydrogen) atoms. The molecule has 1 heterocycles. The van der Waals surface area contributed by atoms with Crippen molar-refractivity contribution in [3.05, 3.63) is 62.5 Å². The number of hydrogen-bond donors (Lipinski definition) is 1. The highest BCUT2D eigenvalue weighted by Crippen LogP contribution is 2.15. The molecule has 0 radical (unpaired) electrons. The SMILES string of the molecule is O=[N+]([O-])c1cccc(CNCc2ccc(Br)o2)c1. The quantitative estimate of drug-likeness (QED) is 0.680. The Hall–Kier alpha value is -1.66.